The molecule has 0 saturated carbocycles. The summed E-state index contributed by atoms with van der Waals surface area (Å²) in [5.41, 5.74) is 2.97. The molecule has 0 spiro atoms. The molecule has 9 nitrogen and oxygen atoms in total. The first kappa shape index (κ1) is 21.9. The minimum Gasteiger partial charge on any atom is -0.510 e. The average molecular weight is 440 g/mol. The molecule has 0 unspecified atom stereocenters. The van der Waals surface area contributed by atoms with Crippen molar-refractivity contribution in [3.63, 3.8) is 0 Å². The maximum Gasteiger partial charge on any atom is 0.255 e. The van der Waals surface area contributed by atoms with Gasteiger partial charge in [0.15, 0.2) is 17.2 Å². The molecule has 4 atom stereocenters. The van der Waals surface area contributed by atoms with Gasteiger partial charge in [-0.3, -0.25) is 24.1 Å². The number of aliphatic hydroxyl groups excluding tert-OH is 2. The highest BCUT2D eigenvalue weighted by molar-refractivity contribution is 6.24. The van der Waals surface area contributed by atoms with Gasteiger partial charge in [-0.2, -0.15) is 0 Å². The quantitative estimate of drug-likeness (QED) is 0.393. The number of allylic oxidation sites excluding steroid dienone is 1. The molecule has 1 amide bonds. The number of nitrogens with zero attached hydrogens (tertiary/aromatic N) is 1. The normalized spacial score (nSPS) is 29.6. The lowest BCUT2D eigenvalue weighted by atomic mass is 9.58. The van der Waals surface area contributed by atoms with Gasteiger partial charge in [0.1, 0.15) is 17.1 Å². The van der Waals surface area contributed by atoms with Gasteiger partial charge in [0.25, 0.3) is 5.91 Å². The number of aliphatic hydroxyl groups is 3. The second-order valence-electron chi connectivity index (χ2n) is 8.85. The molecule has 4 rings (SSSR count). The van der Waals surface area contributed by atoms with E-state index in [2.05, 4.69) is 0 Å². The predicted octanol–water partition coefficient (Wildman–Crippen LogP) is 0.618. The largest absolute Gasteiger partial charge is 0.510 e. The number of hydrogen-bond acceptors (Lipinski definition) is 8. The average Bonchev–Trinajstić information content (AvgIpc) is 2.70. The van der Waals surface area contributed by atoms with Crippen LogP contribution in [0.4, 0.5) is 0 Å². The van der Waals surface area contributed by atoms with E-state index in [1.54, 1.807) is 26.2 Å². The molecule has 0 aromatic heterocycles. The molecule has 0 fully saturated rings. The van der Waals surface area contributed by atoms with Crippen LogP contribution >= 0.6 is 0 Å². The van der Waals surface area contributed by atoms with E-state index in [0.717, 1.165) is 0 Å². The third kappa shape index (κ3) is 2.71. The zero-order valence-electron chi connectivity index (χ0n) is 17.9. The molecule has 1 aromatic rings. The first-order valence-electron chi connectivity index (χ1n) is 10.2. The summed E-state index contributed by atoms with van der Waals surface area (Å²) in [6.07, 6.45) is 0.294. The van der Waals surface area contributed by atoms with Crippen LogP contribution in [0.15, 0.2) is 40.9 Å². The Hall–Kier alpha value is -3.30. The van der Waals surface area contributed by atoms with Crippen LogP contribution in [0.1, 0.15) is 39.6 Å². The maximum atomic E-state index is 13.3. The molecular formula is C23H24N2O7. The highest BCUT2D eigenvalue weighted by Crippen LogP contribution is 2.51. The molecule has 0 bridgehead atoms. The number of carbonyl (C=O) groups excluding carboxylic acids is 4. The Morgan fingerprint density at radius 3 is 2.41 bits per heavy atom. The number of benzene rings is 1. The van der Waals surface area contributed by atoms with Gasteiger partial charge in [0, 0.05) is 22.6 Å². The number of fused-ring (bicyclic) bond motifs is 3. The van der Waals surface area contributed by atoms with Crippen LogP contribution in [0, 0.1) is 11.8 Å². The predicted molar refractivity (Wildman–Crippen MR) is 112 cm³/mol. The van der Waals surface area contributed by atoms with Crippen LogP contribution in [-0.2, 0) is 16.0 Å². The van der Waals surface area contributed by atoms with Crippen molar-refractivity contribution in [2.24, 2.45) is 17.6 Å². The summed E-state index contributed by atoms with van der Waals surface area (Å²) >= 11 is 0. The molecule has 32 heavy (non-hydrogen) atoms. The second-order valence-corrected chi connectivity index (χ2v) is 8.85. The smallest absolute Gasteiger partial charge is 0.255 e. The molecule has 3 aliphatic carbocycles. The molecule has 0 saturated heterocycles. The lowest BCUT2D eigenvalue weighted by Gasteiger charge is -2.50. The van der Waals surface area contributed by atoms with Crippen LogP contribution in [0.5, 0.6) is 0 Å². The number of rotatable bonds is 3. The summed E-state index contributed by atoms with van der Waals surface area (Å²) in [7, 11) is 3.17. The summed E-state index contributed by atoms with van der Waals surface area (Å²) in [6.45, 7) is 1.40. The molecule has 0 heterocycles. The molecule has 168 valence electrons. The molecule has 9 heteroatoms. The first-order valence-corrected chi connectivity index (χ1v) is 10.2. The standard InChI is InChI=1S/C23H24N2O7/c1-9(26)11-5-4-6-12-13(11)7-10-8-14-17(25(2)3)19(28)16(22(24)31)21(30)23(14,32)20(29)15(10)18(12)27/h4-6,10,14,17,28-29,32H,7-8H2,1-3H3,(H2,24,31)/t10-,14-,17-,23-/m0/s1. The Balaban J connectivity index is 1.96. The van der Waals surface area contributed by atoms with Gasteiger partial charge in [-0.05, 0) is 45.3 Å². The number of primary amides is 1. The van der Waals surface area contributed by atoms with Crippen LogP contribution in [0.3, 0.4) is 0 Å². The Morgan fingerprint density at radius 1 is 1.19 bits per heavy atom. The van der Waals surface area contributed by atoms with E-state index in [-0.39, 0.29) is 29.8 Å². The summed E-state index contributed by atoms with van der Waals surface area (Å²) in [6, 6.07) is 3.71. The van der Waals surface area contributed by atoms with Crippen molar-refractivity contribution in [1.82, 2.24) is 4.90 Å². The van der Waals surface area contributed by atoms with Gasteiger partial charge < -0.3 is 21.1 Å². The van der Waals surface area contributed by atoms with E-state index in [1.807, 2.05) is 0 Å². The number of hydrogen-bond donors (Lipinski definition) is 4. The zero-order chi connectivity index (χ0) is 23.7. The minimum atomic E-state index is -2.59. The van der Waals surface area contributed by atoms with Gasteiger partial charge in [0.2, 0.25) is 5.78 Å². The SMILES string of the molecule is CC(=O)c1cccc2c1C[C@H]1C[C@H]3[C@H](N(C)C)C(O)=C(C(N)=O)C(=O)[C@@]3(O)C(O)=C1C2=O. The third-order valence-electron chi connectivity index (χ3n) is 6.89. The van der Waals surface area contributed by atoms with Crippen molar-refractivity contribution in [1.29, 1.82) is 0 Å². The summed E-state index contributed by atoms with van der Waals surface area (Å²) in [4.78, 5) is 52.0. The van der Waals surface area contributed by atoms with E-state index < -0.39 is 58.0 Å². The first-order chi connectivity index (χ1) is 14.9. The zero-order valence-corrected chi connectivity index (χ0v) is 17.9. The van der Waals surface area contributed by atoms with E-state index in [9.17, 15) is 34.5 Å². The fourth-order valence-corrected chi connectivity index (χ4v) is 5.51. The Labute approximate surface area is 183 Å². The summed E-state index contributed by atoms with van der Waals surface area (Å²) in [5, 5.41) is 33.3. The number of Topliss-reactive ketones (excluding diaryl/α,β-unsaturated/α-hetero) is 3. The molecule has 3 aliphatic rings. The van der Waals surface area contributed by atoms with Gasteiger partial charge in [-0.15, -0.1) is 0 Å². The van der Waals surface area contributed by atoms with Gasteiger partial charge in [0.05, 0.1) is 6.04 Å². The fourth-order valence-electron chi connectivity index (χ4n) is 5.51. The van der Waals surface area contributed by atoms with Gasteiger partial charge in [-0.1, -0.05) is 18.2 Å². The number of ketones is 3. The fraction of sp³-hybridized carbons (Fsp3) is 0.391. The maximum absolute atomic E-state index is 13.3. The van der Waals surface area contributed by atoms with Crippen molar-refractivity contribution in [3.05, 3.63) is 57.6 Å². The van der Waals surface area contributed by atoms with E-state index in [4.69, 9.17) is 5.73 Å². The topological polar surface area (TPSA) is 158 Å². The Morgan fingerprint density at radius 2 is 1.84 bits per heavy atom. The van der Waals surface area contributed by atoms with Gasteiger partial charge in [-0.25, -0.2) is 0 Å². The number of nitrogens with two attached hydrogens (primary N) is 1. The van der Waals surface area contributed by atoms with Crippen molar-refractivity contribution in [3.8, 4) is 0 Å². The monoisotopic (exact) mass is 440 g/mol. The lowest BCUT2D eigenvalue weighted by molar-refractivity contribution is -0.148. The summed E-state index contributed by atoms with van der Waals surface area (Å²) < 4.78 is 0. The van der Waals surface area contributed by atoms with Crippen molar-refractivity contribution in [2.75, 3.05) is 14.1 Å². The minimum absolute atomic E-state index is 0.0536. The molecule has 5 N–H and O–H groups in total. The van der Waals surface area contributed by atoms with Crippen LogP contribution < -0.4 is 5.73 Å². The number of likely N-dealkylation sites (N-methyl/N-ethyl adjacent to an activating group) is 1. The van der Waals surface area contributed by atoms with Crippen molar-refractivity contribution in [2.45, 2.75) is 31.4 Å². The Bertz CT molecular complexity index is 1160. The molecule has 0 radical (unpaired) electrons. The second kappa shape index (κ2) is 7.11. The third-order valence-corrected chi connectivity index (χ3v) is 6.89. The molecular weight excluding hydrogens is 416 g/mol. The van der Waals surface area contributed by atoms with E-state index in [0.29, 0.717) is 11.1 Å². The number of amides is 1. The van der Waals surface area contributed by atoms with Crippen LogP contribution in [0.25, 0.3) is 0 Å². The van der Waals surface area contributed by atoms with Crippen molar-refractivity contribution >= 4 is 23.3 Å². The lowest BCUT2D eigenvalue weighted by Crippen LogP contribution is -2.63. The number of carbonyl (C=O) groups is 4. The van der Waals surface area contributed by atoms with Crippen LogP contribution in [0.2, 0.25) is 0 Å². The van der Waals surface area contributed by atoms with Crippen LogP contribution in [-0.4, -0.2) is 69.2 Å². The highest BCUT2D eigenvalue weighted by Gasteiger charge is 2.63. The van der Waals surface area contributed by atoms with E-state index >= 15 is 0 Å². The summed E-state index contributed by atoms with van der Waals surface area (Å²) in [5.74, 6) is -6.32. The Kier molecular flexibility index (Phi) is 4.87. The van der Waals surface area contributed by atoms with E-state index in [1.165, 1.54) is 17.9 Å². The molecule has 1 aromatic carbocycles. The van der Waals surface area contributed by atoms with Gasteiger partial charge >= 0.3 is 0 Å². The molecule has 0 aliphatic heterocycles. The van der Waals surface area contributed by atoms with Crippen molar-refractivity contribution < 1.29 is 34.5 Å². The highest BCUT2D eigenvalue weighted by atomic mass is 16.3.